The van der Waals surface area contributed by atoms with Gasteiger partial charge in [0.05, 0.1) is 23.7 Å². The SMILES string of the molecule is CC(C)N(Cc1nc2ccccc2c(=O)[nH]1)C(=O)C1CCN(c2oc(-c3ccco3)nc2C#N)CC1. The quantitative estimate of drug-likeness (QED) is 0.436. The third-order valence-electron chi connectivity index (χ3n) is 6.47. The van der Waals surface area contributed by atoms with Crippen LogP contribution in [-0.2, 0) is 11.3 Å². The standard InChI is InChI=1S/C26H26N6O4/c1-16(2)32(15-22-28-19-7-4-3-6-18(19)23(33)30-22)25(34)17-9-11-31(12-10-17)26-20(14-27)29-24(36-26)21-8-5-13-35-21/h3-8,13,16-17H,9-12,15H2,1-2H3,(H,28,30,33). The number of carbonyl (C=O) groups is 1. The number of benzene rings is 1. The van der Waals surface area contributed by atoms with E-state index in [-0.39, 0.29) is 41.6 Å². The maximum absolute atomic E-state index is 13.5. The van der Waals surface area contributed by atoms with E-state index in [9.17, 15) is 14.9 Å². The lowest BCUT2D eigenvalue weighted by Gasteiger charge is -2.35. The van der Waals surface area contributed by atoms with Gasteiger partial charge in [0.15, 0.2) is 5.76 Å². The van der Waals surface area contributed by atoms with E-state index < -0.39 is 0 Å². The summed E-state index contributed by atoms with van der Waals surface area (Å²) in [7, 11) is 0. The number of piperidine rings is 1. The number of amides is 1. The van der Waals surface area contributed by atoms with Crippen molar-refractivity contribution >= 4 is 22.7 Å². The highest BCUT2D eigenvalue weighted by atomic mass is 16.4. The van der Waals surface area contributed by atoms with Gasteiger partial charge in [-0.05, 0) is 51.0 Å². The van der Waals surface area contributed by atoms with Gasteiger partial charge in [0.25, 0.3) is 11.4 Å². The van der Waals surface area contributed by atoms with Gasteiger partial charge in [0.2, 0.25) is 17.5 Å². The summed E-state index contributed by atoms with van der Waals surface area (Å²) in [4.78, 5) is 41.3. The normalized spacial score (nSPS) is 14.3. The van der Waals surface area contributed by atoms with Crippen molar-refractivity contribution in [1.29, 1.82) is 5.26 Å². The third-order valence-corrected chi connectivity index (χ3v) is 6.47. The second-order valence-corrected chi connectivity index (χ2v) is 9.11. The number of nitrogens with zero attached hydrogens (tertiary/aromatic N) is 5. The number of aromatic amines is 1. The van der Waals surface area contributed by atoms with Crippen molar-refractivity contribution in [3.05, 3.63) is 64.5 Å². The molecule has 1 N–H and O–H groups in total. The summed E-state index contributed by atoms with van der Waals surface area (Å²) in [5, 5.41) is 10.1. The Morgan fingerprint density at radius 1 is 1.22 bits per heavy atom. The van der Waals surface area contributed by atoms with Crippen molar-refractivity contribution in [2.45, 2.75) is 39.3 Å². The van der Waals surface area contributed by atoms with Crippen LogP contribution in [0.25, 0.3) is 22.6 Å². The Balaban J connectivity index is 1.29. The number of hydrogen-bond donors (Lipinski definition) is 1. The first-order valence-electron chi connectivity index (χ1n) is 11.9. The lowest BCUT2D eigenvalue weighted by atomic mass is 9.94. The van der Waals surface area contributed by atoms with E-state index in [1.54, 1.807) is 35.2 Å². The van der Waals surface area contributed by atoms with Crippen LogP contribution in [0.3, 0.4) is 0 Å². The molecule has 0 saturated carbocycles. The van der Waals surface area contributed by atoms with E-state index >= 15 is 0 Å². The Morgan fingerprint density at radius 3 is 2.69 bits per heavy atom. The minimum Gasteiger partial charge on any atom is -0.459 e. The average molecular weight is 487 g/mol. The number of anilines is 1. The van der Waals surface area contributed by atoms with Crippen LogP contribution >= 0.6 is 0 Å². The number of oxazole rings is 1. The number of hydrogen-bond acceptors (Lipinski definition) is 8. The molecule has 1 saturated heterocycles. The second kappa shape index (κ2) is 9.70. The summed E-state index contributed by atoms with van der Waals surface area (Å²) in [6.45, 7) is 5.24. The molecule has 0 bridgehead atoms. The molecule has 1 amide bonds. The first-order valence-corrected chi connectivity index (χ1v) is 11.9. The molecule has 1 aliphatic heterocycles. The molecule has 10 heteroatoms. The predicted molar refractivity (Wildman–Crippen MR) is 132 cm³/mol. The number of furan rings is 1. The van der Waals surface area contributed by atoms with Crippen LogP contribution in [0.1, 0.15) is 38.2 Å². The Labute approximate surface area is 207 Å². The molecule has 1 aliphatic rings. The molecular formula is C26H26N6O4. The highest BCUT2D eigenvalue weighted by Gasteiger charge is 2.32. The predicted octanol–water partition coefficient (Wildman–Crippen LogP) is 3.70. The molecule has 184 valence electrons. The Morgan fingerprint density at radius 2 is 2.00 bits per heavy atom. The van der Waals surface area contributed by atoms with Gasteiger partial charge in [-0.2, -0.15) is 10.2 Å². The van der Waals surface area contributed by atoms with Gasteiger partial charge in [-0.25, -0.2) is 4.98 Å². The molecule has 4 heterocycles. The molecule has 0 atom stereocenters. The van der Waals surface area contributed by atoms with Crippen LogP contribution in [0.2, 0.25) is 0 Å². The van der Waals surface area contributed by atoms with E-state index in [0.29, 0.717) is 54.3 Å². The number of carbonyl (C=O) groups excluding carboxylic acids is 1. The van der Waals surface area contributed by atoms with Crippen LogP contribution in [0.15, 0.2) is 56.3 Å². The molecule has 0 radical (unpaired) electrons. The van der Waals surface area contributed by atoms with Crippen LogP contribution in [0, 0.1) is 17.2 Å². The maximum Gasteiger partial charge on any atom is 0.266 e. The zero-order chi connectivity index (χ0) is 25.2. The van der Waals surface area contributed by atoms with Crippen molar-refractivity contribution in [3.8, 4) is 17.7 Å². The van der Waals surface area contributed by atoms with Crippen molar-refractivity contribution in [1.82, 2.24) is 19.9 Å². The minimum atomic E-state index is -0.214. The molecule has 1 fully saturated rings. The molecule has 0 spiro atoms. The van der Waals surface area contributed by atoms with Crippen LogP contribution in [0.4, 0.5) is 5.88 Å². The lowest BCUT2D eigenvalue weighted by Crippen LogP contribution is -2.45. The molecular weight excluding hydrogens is 460 g/mol. The molecule has 10 nitrogen and oxygen atoms in total. The Kier molecular flexibility index (Phi) is 6.29. The number of aromatic nitrogens is 3. The number of fused-ring (bicyclic) bond motifs is 1. The fraction of sp³-hybridized carbons (Fsp3) is 0.346. The van der Waals surface area contributed by atoms with Gasteiger partial charge in [0.1, 0.15) is 11.9 Å². The van der Waals surface area contributed by atoms with Gasteiger partial charge < -0.3 is 23.6 Å². The summed E-state index contributed by atoms with van der Waals surface area (Å²) < 4.78 is 11.2. The van der Waals surface area contributed by atoms with E-state index in [0.717, 1.165) is 0 Å². The lowest BCUT2D eigenvalue weighted by molar-refractivity contribution is -0.138. The van der Waals surface area contributed by atoms with Crippen LogP contribution in [0.5, 0.6) is 0 Å². The first kappa shape index (κ1) is 23.4. The fourth-order valence-electron chi connectivity index (χ4n) is 4.56. The summed E-state index contributed by atoms with van der Waals surface area (Å²) in [6, 6.07) is 12.6. The van der Waals surface area contributed by atoms with Crippen LogP contribution < -0.4 is 10.5 Å². The number of nitrogens with one attached hydrogen (secondary N) is 1. The van der Waals surface area contributed by atoms with Gasteiger partial charge in [-0.1, -0.05) is 12.1 Å². The van der Waals surface area contributed by atoms with Crippen LogP contribution in [-0.4, -0.2) is 44.9 Å². The Bertz CT molecular complexity index is 1470. The Hall–Kier alpha value is -4.39. The maximum atomic E-state index is 13.5. The highest BCUT2D eigenvalue weighted by molar-refractivity contribution is 5.80. The van der Waals surface area contributed by atoms with E-state index in [4.69, 9.17) is 8.83 Å². The monoisotopic (exact) mass is 486 g/mol. The molecule has 5 rings (SSSR count). The minimum absolute atomic E-state index is 0.0230. The largest absolute Gasteiger partial charge is 0.459 e. The number of para-hydroxylation sites is 1. The molecule has 4 aromatic rings. The topological polar surface area (TPSA) is 132 Å². The average Bonchev–Trinajstić information content (AvgIpc) is 3.57. The number of rotatable bonds is 6. The fourth-order valence-corrected chi connectivity index (χ4v) is 4.56. The molecule has 0 aliphatic carbocycles. The molecule has 0 unspecified atom stereocenters. The van der Waals surface area contributed by atoms with Crippen molar-refractivity contribution in [2.75, 3.05) is 18.0 Å². The molecule has 3 aromatic heterocycles. The first-order chi connectivity index (χ1) is 17.4. The van der Waals surface area contributed by atoms with E-state index in [2.05, 4.69) is 21.0 Å². The number of nitriles is 1. The number of H-pyrrole nitrogens is 1. The van der Waals surface area contributed by atoms with E-state index in [1.807, 2.05) is 24.8 Å². The summed E-state index contributed by atoms with van der Waals surface area (Å²) in [5.41, 5.74) is 0.589. The van der Waals surface area contributed by atoms with Gasteiger partial charge in [-0.15, -0.1) is 0 Å². The van der Waals surface area contributed by atoms with Crippen molar-refractivity contribution in [3.63, 3.8) is 0 Å². The summed E-state index contributed by atoms with van der Waals surface area (Å²) in [6.07, 6.45) is 2.72. The zero-order valence-corrected chi connectivity index (χ0v) is 20.1. The zero-order valence-electron chi connectivity index (χ0n) is 20.1. The third kappa shape index (κ3) is 4.47. The molecule has 1 aromatic carbocycles. The van der Waals surface area contributed by atoms with E-state index in [1.165, 1.54) is 6.26 Å². The van der Waals surface area contributed by atoms with Crippen molar-refractivity contribution in [2.24, 2.45) is 5.92 Å². The van der Waals surface area contributed by atoms with Crippen molar-refractivity contribution < 1.29 is 13.6 Å². The summed E-state index contributed by atoms with van der Waals surface area (Å²) in [5.74, 6) is 1.41. The van der Waals surface area contributed by atoms with Gasteiger partial charge in [-0.3, -0.25) is 9.59 Å². The van der Waals surface area contributed by atoms with Gasteiger partial charge >= 0.3 is 0 Å². The smallest absolute Gasteiger partial charge is 0.266 e. The molecule has 36 heavy (non-hydrogen) atoms. The highest BCUT2D eigenvalue weighted by Crippen LogP contribution is 2.32. The second-order valence-electron chi connectivity index (χ2n) is 9.11. The summed E-state index contributed by atoms with van der Waals surface area (Å²) >= 11 is 0. The van der Waals surface area contributed by atoms with Gasteiger partial charge in [0, 0.05) is 25.0 Å².